The first kappa shape index (κ1) is 12.4. The fourth-order valence-electron chi connectivity index (χ4n) is 1.46. The van der Waals surface area contributed by atoms with Gasteiger partial charge in [-0.1, -0.05) is 11.6 Å². The van der Waals surface area contributed by atoms with Gasteiger partial charge in [0.2, 0.25) is 0 Å². The number of carbonyl (C=O) groups excluding carboxylic acids is 1. The van der Waals surface area contributed by atoms with Crippen molar-refractivity contribution < 1.29 is 14.6 Å². The van der Waals surface area contributed by atoms with Crippen LogP contribution in [0.3, 0.4) is 0 Å². The van der Waals surface area contributed by atoms with Crippen molar-refractivity contribution in [1.82, 2.24) is 15.4 Å². The highest BCUT2D eigenvalue weighted by Crippen LogP contribution is 2.30. The summed E-state index contributed by atoms with van der Waals surface area (Å²) in [6.45, 7) is 1.94. The van der Waals surface area contributed by atoms with Crippen molar-refractivity contribution in [3.05, 3.63) is 28.9 Å². The van der Waals surface area contributed by atoms with Crippen LogP contribution in [0.15, 0.2) is 18.2 Å². The molecule has 18 heavy (non-hydrogen) atoms. The Balaban J connectivity index is 2.45. The van der Waals surface area contributed by atoms with E-state index in [1.54, 1.807) is 13.0 Å². The third-order valence-electron chi connectivity index (χ3n) is 2.22. The van der Waals surface area contributed by atoms with Crippen LogP contribution < -0.4 is 0 Å². The van der Waals surface area contributed by atoms with Crippen molar-refractivity contribution in [3.63, 3.8) is 0 Å². The largest absolute Gasteiger partial charge is 0.508 e. The Morgan fingerprint density at radius 2 is 2.28 bits per heavy atom. The normalized spacial score (nSPS) is 10.3. The van der Waals surface area contributed by atoms with E-state index in [0.29, 0.717) is 11.3 Å². The topological polar surface area (TPSA) is 88.1 Å². The van der Waals surface area contributed by atoms with E-state index >= 15 is 0 Å². The SMILES string of the molecule is CCOC(=O)c1n[nH]nc1-c1ccc(O)cc1Cl. The lowest BCUT2D eigenvalue weighted by Crippen LogP contribution is -2.06. The molecular weight excluding hydrogens is 258 g/mol. The second-order valence-electron chi connectivity index (χ2n) is 3.41. The summed E-state index contributed by atoms with van der Waals surface area (Å²) >= 11 is 5.98. The molecule has 2 aromatic rings. The molecule has 0 radical (unpaired) electrons. The maximum atomic E-state index is 11.6. The van der Waals surface area contributed by atoms with Gasteiger partial charge in [-0.05, 0) is 25.1 Å². The van der Waals surface area contributed by atoms with Gasteiger partial charge in [-0.25, -0.2) is 4.79 Å². The maximum absolute atomic E-state index is 11.6. The molecule has 0 aliphatic rings. The van der Waals surface area contributed by atoms with Gasteiger partial charge < -0.3 is 9.84 Å². The third kappa shape index (κ3) is 2.28. The average molecular weight is 268 g/mol. The second kappa shape index (κ2) is 5.05. The van der Waals surface area contributed by atoms with Crippen molar-refractivity contribution in [1.29, 1.82) is 0 Å². The Bertz CT molecular complexity index is 583. The summed E-state index contributed by atoms with van der Waals surface area (Å²) in [5, 5.41) is 19.5. The van der Waals surface area contributed by atoms with E-state index < -0.39 is 5.97 Å². The maximum Gasteiger partial charge on any atom is 0.361 e. The minimum atomic E-state index is -0.578. The number of esters is 1. The highest BCUT2D eigenvalue weighted by molar-refractivity contribution is 6.33. The summed E-state index contributed by atoms with van der Waals surface area (Å²) in [6.07, 6.45) is 0. The molecular formula is C11H10ClN3O3. The van der Waals surface area contributed by atoms with Crippen LogP contribution >= 0.6 is 11.6 Å². The first-order valence-corrected chi connectivity index (χ1v) is 5.58. The molecule has 1 aromatic carbocycles. The zero-order valence-corrected chi connectivity index (χ0v) is 10.2. The first-order chi connectivity index (χ1) is 8.63. The number of benzene rings is 1. The van der Waals surface area contributed by atoms with E-state index in [9.17, 15) is 9.90 Å². The van der Waals surface area contributed by atoms with E-state index in [-0.39, 0.29) is 23.1 Å². The number of phenolic OH excluding ortho intramolecular Hbond substituents is 1. The molecule has 0 saturated heterocycles. The van der Waals surface area contributed by atoms with Crippen molar-refractivity contribution in [2.45, 2.75) is 6.92 Å². The lowest BCUT2D eigenvalue weighted by atomic mass is 10.1. The molecule has 0 amide bonds. The van der Waals surface area contributed by atoms with E-state index in [1.807, 2.05) is 0 Å². The van der Waals surface area contributed by atoms with E-state index in [4.69, 9.17) is 16.3 Å². The van der Waals surface area contributed by atoms with Gasteiger partial charge in [0.15, 0.2) is 5.69 Å². The summed E-state index contributed by atoms with van der Waals surface area (Å²) < 4.78 is 4.86. The zero-order chi connectivity index (χ0) is 13.1. The summed E-state index contributed by atoms with van der Waals surface area (Å²) in [5.74, 6) is -0.546. The summed E-state index contributed by atoms with van der Waals surface area (Å²) in [5.41, 5.74) is 0.842. The number of nitrogens with one attached hydrogen (secondary N) is 1. The number of aromatic amines is 1. The van der Waals surface area contributed by atoms with Crippen LogP contribution in [0.2, 0.25) is 5.02 Å². The van der Waals surface area contributed by atoms with Crippen LogP contribution in [-0.4, -0.2) is 33.1 Å². The lowest BCUT2D eigenvalue weighted by Gasteiger charge is -2.03. The number of H-pyrrole nitrogens is 1. The monoisotopic (exact) mass is 267 g/mol. The molecule has 2 N–H and O–H groups in total. The van der Waals surface area contributed by atoms with Gasteiger partial charge in [0.1, 0.15) is 11.4 Å². The highest BCUT2D eigenvalue weighted by atomic mass is 35.5. The quantitative estimate of drug-likeness (QED) is 0.831. The Labute approximate surface area is 108 Å². The number of phenols is 1. The van der Waals surface area contributed by atoms with Crippen LogP contribution in [0.5, 0.6) is 5.75 Å². The molecule has 0 fully saturated rings. The number of ether oxygens (including phenoxy) is 1. The molecule has 0 bridgehead atoms. The molecule has 1 heterocycles. The van der Waals surface area contributed by atoms with E-state index in [2.05, 4.69) is 15.4 Å². The van der Waals surface area contributed by atoms with Crippen LogP contribution in [-0.2, 0) is 4.74 Å². The fourth-order valence-corrected chi connectivity index (χ4v) is 1.72. The van der Waals surface area contributed by atoms with Gasteiger partial charge in [0.05, 0.1) is 11.6 Å². The van der Waals surface area contributed by atoms with Crippen molar-refractivity contribution >= 4 is 17.6 Å². The molecule has 0 saturated carbocycles. The van der Waals surface area contributed by atoms with Gasteiger partial charge in [-0.2, -0.15) is 10.3 Å². The second-order valence-corrected chi connectivity index (χ2v) is 3.81. The van der Waals surface area contributed by atoms with Crippen molar-refractivity contribution in [2.75, 3.05) is 6.61 Å². The molecule has 7 heteroatoms. The smallest absolute Gasteiger partial charge is 0.361 e. The highest BCUT2D eigenvalue weighted by Gasteiger charge is 2.20. The zero-order valence-electron chi connectivity index (χ0n) is 9.48. The van der Waals surface area contributed by atoms with Crippen molar-refractivity contribution in [3.8, 4) is 17.0 Å². The van der Waals surface area contributed by atoms with Crippen LogP contribution in [0.1, 0.15) is 17.4 Å². The van der Waals surface area contributed by atoms with Gasteiger partial charge in [-0.15, -0.1) is 5.10 Å². The van der Waals surface area contributed by atoms with Crippen molar-refractivity contribution in [2.24, 2.45) is 0 Å². The van der Waals surface area contributed by atoms with E-state index in [0.717, 1.165) is 0 Å². The Morgan fingerprint density at radius 3 is 2.94 bits per heavy atom. The molecule has 1 aromatic heterocycles. The van der Waals surface area contributed by atoms with Gasteiger partial charge in [0, 0.05) is 5.56 Å². The summed E-state index contributed by atoms with van der Waals surface area (Å²) in [6, 6.07) is 4.36. The number of halogens is 1. The molecule has 6 nitrogen and oxygen atoms in total. The Hall–Kier alpha value is -2.08. The molecule has 94 valence electrons. The van der Waals surface area contributed by atoms with Crippen LogP contribution in [0.4, 0.5) is 0 Å². The van der Waals surface area contributed by atoms with Gasteiger partial charge >= 0.3 is 5.97 Å². The number of hydrogen-bond donors (Lipinski definition) is 2. The molecule has 0 aliphatic heterocycles. The lowest BCUT2D eigenvalue weighted by molar-refractivity contribution is 0.0520. The van der Waals surface area contributed by atoms with Crippen LogP contribution in [0, 0.1) is 0 Å². The average Bonchev–Trinajstić information content (AvgIpc) is 2.78. The first-order valence-electron chi connectivity index (χ1n) is 5.20. The number of aromatic nitrogens is 3. The Morgan fingerprint density at radius 1 is 1.50 bits per heavy atom. The van der Waals surface area contributed by atoms with Gasteiger partial charge in [-0.3, -0.25) is 0 Å². The molecule has 0 unspecified atom stereocenters. The molecule has 0 aliphatic carbocycles. The molecule has 0 atom stereocenters. The Kier molecular flexibility index (Phi) is 3.47. The number of hydrogen-bond acceptors (Lipinski definition) is 5. The van der Waals surface area contributed by atoms with Crippen LogP contribution in [0.25, 0.3) is 11.3 Å². The number of aromatic hydroxyl groups is 1. The summed E-state index contributed by atoms with van der Waals surface area (Å²) in [4.78, 5) is 11.6. The van der Waals surface area contributed by atoms with Gasteiger partial charge in [0.25, 0.3) is 0 Å². The third-order valence-corrected chi connectivity index (χ3v) is 2.54. The summed E-state index contributed by atoms with van der Waals surface area (Å²) in [7, 11) is 0. The fraction of sp³-hybridized carbons (Fsp3) is 0.182. The number of rotatable bonds is 3. The molecule has 2 rings (SSSR count). The molecule has 0 spiro atoms. The van der Waals surface area contributed by atoms with E-state index in [1.165, 1.54) is 12.1 Å². The number of carbonyl (C=O) groups is 1. The predicted molar refractivity (Wildman–Crippen MR) is 64.5 cm³/mol. The predicted octanol–water partition coefficient (Wildman–Crippen LogP) is 2.01. The minimum Gasteiger partial charge on any atom is -0.508 e. The minimum absolute atomic E-state index is 0.0323. The standard InChI is InChI=1S/C11H10ClN3O3/c1-2-18-11(17)10-9(13-15-14-10)7-4-3-6(16)5-8(7)12/h3-5,16H,2H2,1H3,(H,13,14,15). The number of nitrogens with zero attached hydrogens (tertiary/aromatic N) is 2.